The quantitative estimate of drug-likeness (QED) is 0.154. The zero-order valence-corrected chi connectivity index (χ0v) is 60.1. The monoisotopic (exact) mass is 1430 g/mol. The molecular weight excluding hydrogens is 1370 g/mol. The highest BCUT2D eigenvalue weighted by Gasteiger charge is 2.34. The van der Waals surface area contributed by atoms with E-state index in [1.807, 2.05) is 206 Å². The highest BCUT2D eigenvalue weighted by Crippen LogP contribution is 2.55. The fourth-order valence-electron chi connectivity index (χ4n) is 9.33. The maximum Gasteiger partial charge on any atom is 0.490 e. The van der Waals surface area contributed by atoms with Crippen LogP contribution in [0.5, 0.6) is 34.5 Å². The molecule has 3 atom stereocenters. The largest absolute Gasteiger partial charge is 0.490 e. The fraction of sp³-hybridized carbons (Fsp3) is 0.0909. The Morgan fingerprint density at radius 3 is 0.521 bits per heavy atom. The molecular formula is C66H63N12O6P5S5. The van der Waals surface area contributed by atoms with Gasteiger partial charge in [0.25, 0.3) is 0 Å². The van der Waals surface area contributed by atoms with Crippen molar-refractivity contribution >= 4 is 145 Å². The Bertz CT molecular complexity index is 3870. The molecule has 478 valence electrons. The molecule has 0 aromatic heterocycles. The smallest absolute Gasteiger partial charge is 0.407 e. The first kappa shape index (κ1) is 67.3. The number of benzene rings is 9. The minimum absolute atomic E-state index is 0.399. The van der Waals surface area contributed by atoms with Crippen LogP contribution in [-0.2, 0) is 59.0 Å². The number of hydrogen-bond donors (Lipinski definition) is 0. The van der Waals surface area contributed by atoms with Crippen LogP contribution in [0.4, 0.5) is 0 Å². The molecule has 0 saturated heterocycles. The second-order valence-corrected chi connectivity index (χ2v) is 39.3. The lowest BCUT2D eigenvalue weighted by molar-refractivity contribution is 0.383. The summed E-state index contributed by atoms with van der Waals surface area (Å²) in [5.41, 5.74) is 4.52. The van der Waals surface area contributed by atoms with Gasteiger partial charge in [-0.05, 0) is 214 Å². The van der Waals surface area contributed by atoms with Crippen molar-refractivity contribution in [1.82, 2.24) is 28.7 Å². The maximum atomic E-state index is 6.61. The summed E-state index contributed by atoms with van der Waals surface area (Å²) in [6, 6.07) is 73.2. The summed E-state index contributed by atoms with van der Waals surface area (Å²) >= 11 is 32.3. The van der Waals surface area contributed by atoms with E-state index in [1.54, 1.807) is 139 Å². The van der Waals surface area contributed by atoms with Gasteiger partial charge in [-0.25, -0.2) is 28.7 Å². The van der Waals surface area contributed by atoms with Crippen molar-refractivity contribution in [3.8, 4) is 34.5 Å². The first-order valence-electron chi connectivity index (χ1n) is 28.9. The molecule has 0 radical (unpaired) electrons. The summed E-state index contributed by atoms with van der Waals surface area (Å²) in [7, 11) is 11.1. The highest BCUT2D eigenvalue weighted by atomic mass is 32.5. The van der Waals surface area contributed by atoms with E-state index in [2.05, 4.69) is 0 Å². The van der Waals surface area contributed by atoms with Gasteiger partial charge in [0.2, 0.25) is 0 Å². The third kappa shape index (κ3) is 16.0. The Balaban J connectivity index is 1.03. The van der Waals surface area contributed by atoms with Gasteiger partial charge in [0.15, 0.2) is 19.0 Å². The predicted octanol–water partition coefficient (Wildman–Crippen LogP) is 14.4. The summed E-state index contributed by atoms with van der Waals surface area (Å²) in [5.74, 6) is 2.40. The lowest BCUT2D eigenvalue weighted by Crippen LogP contribution is -2.27. The molecule has 30 rings (SSSR count). The molecule has 9 aromatic carbocycles. The first-order chi connectivity index (χ1) is 45.3. The molecule has 0 N–H and O–H groups in total. The van der Waals surface area contributed by atoms with Crippen LogP contribution in [0.15, 0.2) is 267 Å². The zero-order chi connectivity index (χ0) is 65.9. The second-order valence-electron chi connectivity index (χ2n) is 20.9. The molecule has 21 aliphatic rings. The van der Waals surface area contributed by atoms with Gasteiger partial charge in [0.1, 0.15) is 34.5 Å². The zero-order valence-electron chi connectivity index (χ0n) is 51.6. The molecule has 0 spiro atoms. The van der Waals surface area contributed by atoms with Gasteiger partial charge in [-0.15, -0.1) is 0 Å². The van der Waals surface area contributed by atoms with E-state index in [0.717, 1.165) is 49.3 Å². The van der Waals surface area contributed by atoms with Crippen LogP contribution in [0.3, 0.4) is 0 Å². The van der Waals surface area contributed by atoms with Gasteiger partial charge >= 0.3 is 13.4 Å². The Morgan fingerprint density at radius 1 is 0.223 bits per heavy atom. The van der Waals surface area contributed by atoms with E-state index in [1.165, 1.54) is 0 Å². The maximum absolute atomic E-state index is 6.61. The SMILES string of the molecule is CN1N=Cc2ccc(cc2)OP2(=S)Oc3ccc(cc3)/C=N/N(C)P(=S)(c3ccccc3)N(C)/N=C/c3ccc(cc3)OP(=S)(Oc3ccc(cc3)/C=N\N(C)P1(=S)c1ccccc1)Oc1ccc(cc1)/C=N/N(C)P(=S)(c1ccccc1)N(C)/N=C/c1ccc(cc1)O2. The van der Waals surface area contributed by atoms with E-state index < -0.39 is 32.5 Å². The van der Waals surface area contributed by atoms with Crippen molar-refractivity contribution in [2.75, 3.05) is 42.3 Å². The van der Waals surface area contributed by atoms with Crippen molar-refractivity contribution in [3.05, 3.63) is 270 Å². The Morgan fingerprint density at radius 2 is 0.372 bits per heavy atom. The molecule has 14 bridgehead atoms. The first-order valence-corrected chi connectivity index (χ1v) is 42.2. The number of nitrogens with zero attached hydrogens (tertiary/aromatic N) is 12. The van der Waals surface area contributed by atoms with Gasteiger partial charge in [0, 0.05) is 81.8 Å². The van der Waals surface area contributed by atoms with E-state index in [4.69, 9.17) is 117 Å². The van der Waals surface area contributed by atoms with Gasteiger partial charge in [-0.3, -0.25) is 0 Å². The lowest BCUT2D eigenvalue weighted by atomic mass is 10.2. The second kappa shape index (κ2) is 29.6. The van der Waals surface area contributed by atoms with Gasteiger partial charge < -0.3 is 27.1 Å². The summed E-state index contributed by atoms with van der Waals surface area (Å²) in [5, 5.41) is 32.2. The van der Waals surface area contributed by atoms with Crippen LogP contribution >= 0.6 is 32.5 Å². The average molecular weight is 1440 g/mol. The molecule has 9 aromatic rings. The van der Waals surface area contributed by atoms with Crippen LogP contribution in [-0.4, -0.2) is 108 Å². The molecule has 0 aliphatic carbocycles. The van der Waals surface area contributed by atoms with Crippen LogP contribution in [0.25, 0.3) is 0 Å². The summed E-state index contributed by atoms with van der Waals surface area (Å²) in [4.78, 5) is 0. The van der Waals surface area contributed by atoms with E-state index in [0.29, 0.717) is 34.5 Å². The third-order valence-electron chi connectivity index (χ3n) is 14.5. The van der Waals surface area contributed by atoms with Gasteiger partial charge in [-0.2, -0.15) is 30.6 Å². The third-order valence-corrected chi connectivity index (χ3v) is 32.8. The molecule has 0 amide bonds. The minimum atomic E-state index is -3.72. The van der Waals surface area contributed by atoms with Crippen LogP contribution in [0.1, 0.15) is 33.4 Å². The average Bonchev–Trinajstić information content (AvgIpc) is 0.855. The predicted molar refractivity (Wildman–Crippen MR) is 404 cm³/mol. The minimum Gasteiger partial charge on any atom is -0.407 e. The number of hydrogen-bond acceptors (Lipinski definition) is 17. The molecule has 21 heterocycles. The molecule has 94 heavy (non-hydrogen) atoms. The Labute approximate surface area is 573 Å². The van der Waals surface area contributed by atoms with Crippen molar-refractivity contribution in [1.29, 1.82) is 0 Å². The van der Waals surface area contributed by atoms with Crippen LogP contribution < -0.4 is 43.1 Å². The summed E-state index contributed by atoms with van der Waals surface area (Å²) in [6.07, 6.45) is 1.75. The highest BCUT2D eigenvalue weighted by molar-refractivity contribution is 8.16. The molecule has 0 saturated carbocycles. The number of rotatable bonds is 3. The van der Waals surface area contributed by atoms with Gasteiger partial charge in [0.05, 0.1) is 37.3 Å². The van der Waals surface area contributed by atoms with E-state index in [9.17, 15) is 0 Å². The number of hydrazone groups is 6. The molecule has 0 fully saturated rings. The van der Waals surface area contributed by atoms with Crippen molar-refractivity contribution < 1.29 is 27.1 Å². The van der Waals surface area contributed by atoms with Crippen LogP contribution in [0, 0.1) is 0 Å². The summed E-state index contributed by atoms with van der Waals surface area (Å²) < 4.78 is 50.4. The normalized spacial score (nSPS) is 23.8. The lowest BCUT2D eigenvalue weighted by Gasteiger charge is -2.35. The van der Waals surface area contributed by atoms with Crippen LogP contribution in [0.2, 0.25) is 0 Å². The molecule has 21 aliphatic heterocycles. The molecule has 3 unspecified atom stereocenters. The molecule has 28 heteroatoms. The topological polar surface area (TPSA) is 149 Å². The van der Waals surface area contributed by atoms with E-state index >= 15 is 0 Å². The van der Waals surface area contributed by atoms with Gasteiger partial charge in [-0.1, -0.05) is 91.0 Å². The van der Waals surface area contributed by atoms with Crippen molar-refractivity contribution in [2.45, 2.75) is 0 Å². The van der Waals surface area contributed by atoms with Crippen molar-refractivity contribution in [2.24, 2.45) is 30.6 Å². The fourth-order valence-corrected chi connectivity index (χ4v) is 21.2. The summed E-state index contributed by atoms with van der Waals surface area (Å²) in [6.45, 7) is -7.44. The standard InChI is InChI=1S/C66H63N12O6P5S5/c1-73-67-46-52-22-34-58(35-23-52)79-88(93)81-60-38-26-54(27-39-60)48-69-75(3)86(91,65-18-12-8-13-19-65)77(5)71-50-56-30-42-62(43-31-56)83-89(94,80-59-36-24-53(25-37-59)47-68-74(2)85(73,90)64-16-10-7-11-17-64)84-63-44-32-57(33-45-63)51-72-78(6)87(92,66-20-14-9-15-21-66)76(4)70-49-55-28-40-61(82-88)41-29-55/h7-51H,1-6H3/b67-46-,68-47?,69-48+,70-49+,71-50+,72-51+. The Hall–Kier alpha value is -8.15. The molecule has 18 nitrogen and oxygen atoms in total. The Kier molecular flexibility index (Phi) is 21.2. The van der Waals surface area contributed by atoms with E-state index in [-0.39, 0.29) is 0 Å². The van der Waals surface area contributed by atoms with Crippen molar-refractivity contribution in [3.63, 3.8) is 0 Å².